The van der Waals surface area contributed by atoms with Crippen LogP contribution in [0, 0.1) is 0 Å². The van der Waals surface area contributed by atoms with E-state index < -0.39 is 0 Å². The van der Waals surface area contributed by atoms with Crippen molar-refractivity contribution < 1.29 is 9.53 Å². The summed E-state index contributed by atoms with van der Waals surface area (Å²) < 4.78 is 7.41. The second-order valence-corrected chi connectivity index (χ2v) is 5.58. The molecule has 0 saturated carbocycles. The van der Waals surface area contributed by atoms with E-state index in [1.165, 1.54) is 0 Å². The average Bonchev–Trinajstić information content (AvgIpc) is 3.17. The Kier molecular flexibility index (Phi) is 3.70. The highest BCUT2D eigenvalue weighted by atomic mass is 16.5. The number of rotatable bonds is 3. The van der Waals surface area contributed by atoms with Gasteiger partial charge in [0, 0.05) is 30.6 Å². The first kappa shape index (κ1) is 14.4. The lowest BCUT2D eigenvalue weighted by Crippen LogP contribution is -2.32. The maximum absolute atomic E-state index is 12.5. The summed E-state index contributed by atoms with van der Waals surface area (Å²) in [6.45, 7) is 0.597. The van der Waals surface area contributed by atoms with Crippen LogP contribution in [0.4, 0.5) is 0 Å². The van der Waals surface area contributed by atoms with Crippen LogP contribution in [0.5, 0.6) is 5.75 Å². The molecule has 24 heavy (non-hydrogen) atoms. The average molecular weight is 320 g/mol. The monoisotopic (exact) mass is 320 g/mol. The molecular formula is C18H16N4O2. The van der Waals surface area contributed by atoms with Crippen molar-refractivity contribution in [2.75, 3.05) is 6.61 Å². The zero-order valence-electron chi connectivity index (χ0n) is 12.9. The number of amides is 1. The Bertz CT molecular complexity index is 844. The molecule has 1 atom stereocenters. The minimum atomic E-state index is -0.138. The molecule has 1 N–H and O–H groups in total. The highest BCUT2D eigenvalue weighted by Crippen LogP contribution is 2.31. The first-order valence-electron chi connectivity index (χ1n) is 7.78. The molecule has 0 radical (unpaired) electrons. The number of para-hydroxylation sites is 1. The predicted molar refractivity (Wildman–Crippen MR) is 88.1 cm³/mol. The number of nitrogens with zero attached hydrogens (tertiary/aromatic N) is 3. The van der Waals surface area contributed by atoms with E-state index in [-0.39, 0.29) is 11.9 Å². The molecule has 0 fully saturated rings. The number of carbonyl (C=O) groups is 1. The first-order valence-corrected chi connectivity index (χ1v) is 7.78. The van der Waals surface area contributed by atoms with Crippen molar-refractivity contribution in [2.24, 2.45) is 0 Å². The van der Waals surface area contributed by atoms with Gasteiger partial charge in [0.25, 0.3) is 5.91 Å². The van der Waals surface area contributed by atoms with Crippen LogP contribution < -0.4 is 10.1 Å². The fourth-order valence-electron chi connectivity index (χ4n) is 2.80. The molecule has 2 aromatic heterocycles. The van der Waals surface area contributed by atoms with Crippen molar-refractivity contribution in [1.82, 2.24) is 19.9 Å². The van der Waals surface area contributed by atoms with Crippen LogP contribution in [0.1, 0.15) is 28.4 Å². The van der Waals surface area contributed by atoms with E-state index in [1.807, 2.05) is 24.3 Å². The molecule has 0 aliphatic carbocycles. The number of pyridine rings is 1. The Morgan fingerprint density at radius 1 is 1.25 bits per heavy atom. The van der Waals surface area contributed by atoms with E-state index in [9.17, 15) is 4.79 Å². The second-order valence-electron chi connectivity index (χ2n) is 5.58. The molecule has 0 spiro atoms. The van der Waals surface area contributed by atoms with Crippen LogP contribution in [0.15, 0.2) is 61.3 Å². The molecule has 0 saturated heterocycles. The fraction of sp³-hybridized carbons (Fsp3) is 0.167. The normalized spacial score (nSPS) is 16.1. The third-order valence-electron chi connectivity index (χ3n) is 4.04. The van der Waals surface area contributed by atoms with E-state index in [0.29, 0.717) is 12.2 Å². The van der Waals surface area contributed by atoms with Gasteiger partial charge in [-0.2, -0.15) is 0 Å². The minimum absolute atomic E-state index is 0.0456. The molecular weight excluding hydrogens is 304 g/mol. The molecule has 0 unspecified atom stereocenters. The van der Waals surface area contributed by atoms with Crippen molar-refractivity contribution in [3.05, 3.63) is 72.4 Å². The van der Waals surface area contributed by atoms with Gasteiger partial charge in [0.15, 0.2) is 0 Å². The lowest BCUT2D eigenvalue weighted by Gasteiger charge is -2.26. The molecule has 120 valence electrons. The molecule has 4 rings (SSSR count). The first-order chi connectivity index (χ1) is 11.8. The Labute approximate surface area is 139 Å². The van der Waals surface area contributed by atoms with Gasteiger partial charge in [-0.15, -0.1) is 0 Å². The highest BCUT2D eigenvalue weighted by Gasteiger charge is 2.23. The standard InChI is InChI=1S/C18H16N4O2/c23-18(13-5-6-17(20-11-13)22-9-8-19-12-22)21-15-7-10-24-16-4-2-1-3-14(15)16/h1-6,8-9,11-12,15H,7,10H2,(H,21,23)/t15-/m1/s1. The highest BCUT2D eigenvalue weighted by molar-refractivity contribution is 5.94. The third-order valence-corrected chi connectivity index (χ3v) is 4.04. The van der Waals surface area contributed by atoms with Gasteiger partial charge in [0.2, 0.25) is 0 Å². The molecule has 6 nitrogen and oxygen atoms in total. The molecule has 6 heteroatoms. The van der Waals surface area contributed by atoms with E-state index in [4.69, 9.17) is 4.74 Å². The van der Waals surface area contributed by atoms with Crippen molar-refractivity contribution in [2.45, 2.75) is 12.5 Å². The van der Waals surface area contributed by atoms with Gasteiger partial charge in [-0.3, -0.25) is 9.36 Å². The van der Waals surface area contributed by atoms with Crippen LogP contribution in [0.3, 0.4) is 0 Å². The van der Waals surface area contributed by atoms with Crippen molar-refractivity contribution in [3.8, 4) is 11.6 Å². The SMILES string of the molecule is O=C(N[C@@H]1CCOc2ccccc21)c1ccc(-n2ccnc2)nc1. The zero-order valence-corrected chi connectivity index (χ0v) is 12.9. The minimum Gasteiger partial charge on any atom is -0.493 e. The summed E-state index contributed by atoms with van der Waals surface area (Å²) in [4.78, 5) is 20.8. The van der Waals surface area contributed by atoms with E-state index in [0.717, 1.165) is 23.6 Å². The van der Waals surface area contributed by atoms with Crippen molar-refractivity contribution in [1.29, 1.82) is 0 Å². The zero-order chi connectivity index (χ0) is 16.4. The summed E-state index contributed by atoms with van der Waals surface area (Å²) in [6, 6.07) is 11.3. The predicted octanol–water partition coefficient (Wildman–Crippen LogP) is 2.52. The largest absolute Gasteiger partial charge is 0.493 e. The Morgan fingerprint density at radius 2 is 2.17 bits per heavy atom. The number of nitrogens with one attached hydrogen (secondary N) is 1. The maximum Gasteiger partial charge on any atom is 0.253 e. The van der Waals surface area contributed by atoms with Gasteiger partial charge >= 0.3 is 0 Å². The summed E-state index contributed by atoms with van der Waals surface area (Å²) in [5.41, 5.74) is 1.54. The third kappa shape index (κ3) is 2.74. The number of hydrogen-bond donors (Lipinski definition) is 1. The fourth-order valence-corrected chi connectivity index (χ4v) is 2.80. The van der Waals surface area contributed by atoms with Crippen LogP contribution in [0.25, 0.3) is 5.82 Å². The topological polar surface area (TPSA) is 69.0 Å². The number of benzene rings is 1. The molecule has 1 aliphatic rings. The second kappa shape index (κ2) is 6.16. The number of carbonyl (C=O) groups excluding carboxylic acids is 1. The maximum atomic E-state index is 12.5. The number of ether oxygens (including phenoxy) is 1. The van der Waals surface area contributed by atoms with Gasteiger partial charge in [-0.05, 0) is 18.2 Å². The van der Waals surface area contributed by atoms with E-state index in [2.05, 4.69) is 15.3 Å². The lowest BCUT2D eigenvalue weighted by atomic mass is 10.0. The summed E-state index contributed by atoms with van der Waals surface area (Å²) in [6.07, 6.45) is 7.49. The van der Waals surface area contributed by atoms with Gasteiger partial charge in [0.1, 0.15) is 17.9 Å². The molecule has 1 amide bonds. The van der Waals surface area contributed by atoms with Crippen LogP contribution >= 0.6 is 0 Å². The summed E-state index contributed by atoms with van der Waals surface area (Å²) in [7, 11) is 0. The molecule has 3 aromatic rings. The smallest absolute Gasteiger partial charge is 0.253 e. The van der Waals surface area contributed by atoms with E-state index in [1.54, 1.807) is 41.6 Å². The molecule has 1 aromatic carbocycles. The number of imidazole rings is 1. The van der Waals surface area contributed by atoms with Gasteiger partial charge in [-0.1, -0.05) is 18.2 Å². The van der Waals surface area contributed by atoms with Crippen LogP contribution in [0.2, 0.25) is 0 Å². The summed E-state index contributed by atoms with van der Waals surface area (Å²) >= 11 is 0. The summed E-state index contributed by atoms with van der Waals surface area (Å²) in [5.74, 6) is 1.42. The Morgan fingerprint density at radius 3 is 2.96 bits per heavy atom. The van der Waals surface area contributed by atoms with Gasteiger partial charge in [-0.25, -0.2) is 9.97 Å². The Balaban J connectivity index is 1.51. The molecule has 3 heterocycles. The van der Waals surface area contributed by atoms with Crippen LogP contribution in [-0.4, -0.2) is 27.0 Å². The number of aromatic nitrogens is 3. The quantitative estimate of drug-likeness (QED) is 0.805. The molecule has 0 bridgehead atoms. The van der Waals surface area contributed by atoms with E-state index >= 15 is 0 Å². The van der Waals surface area contributed by atoms with Crippen molar-refractivity contribution >= 4 is 5.91 Å². The van der Waals surface area contributed by atoms with Gasteiger partial charge in [0.05, 0.1) is 18.2 Å². The number of hydrogen-bond acceptors (Lipinski definition) is 4. The molecule has 1 aliphatic heterocycles. The van der Waals surface area contributed by atoms with Crippen LogP contribution in [-0.2, 0) is 0 Å². The summed E-state index contributed by atoms with van der Waals surface area (Å²) in [5, 5.41) is 3.07. The number of fused-ring (bicyclic) bond motifs is 1. The Hall–Kier alpha value is -3.15. The van der Waals surface area contributed by atoms with Gasteiger partial charge < -0.3 is 10.1 Å². The van der Waals surface area contributed by atoms with Crippen molar-refractivity contribution in [3.63, 3.8) is 0 Å². The lowest BCUT2D eigenvalue weighted by molar-refractivity contribution is 0.0924.